The molecule has 1 fully saturated rings. The number of ether oxygens (including phenoxy) is 2. The number of para-hydroxylation sites is 2. The number of anilines is 2. The van der Waals surface area contributed by atoms with Crippen molar-refractivity contribution in [2.24, 2.45) is 4.99 Å². The van der Waals surface area contributed by atoms with E-state index in [1.165, 1.54) is 4.90 Å². The van der Waals surface area contributed by atoms with Crippen LogP contribution in [0.4, 0.5) is 17.1 Å². The van der Waals surface area contributed by atoms with Gasteiger partial charge in [0.1, 0.15) is 0 Å². The van der Waals surface area contributed by atoms with Crippen molar-refractivity contribution in [3.8, 4) is 0 Å². The fraction of sp³-hybridized carbons (Fsp3) is 0.182. The molecular formula is C33H31N3O4. The Labute approximate surface area is 234 Å². The summed E-state index contributed by atoms with van der Waals surface area (Å²) in [6.07, 6.45) is 11.1. The Bertz CT molecular complexity index is 1490. The fourth-order valence-corrected chi connectivity index (χ4v) is 4.69. The van der Waals surface area contributed by atoms with E-state index in [9.17, 15) is 9.59 Å². The zero-order chi connectivity index (χ0) is 27.9. The lowest BCUT2D eigenvalue weighted by atomic mass is 10.0. The number of amidine groups is 1. The SMILES string of the molecule is CCOC(=O)c1ccccc1/N=C1/O/C(=C/c2ccc(N(c3ccccc3)C3C=CC=CC3)cc2)C(=O)N1CC. The van der Waals surface area contributed by atoms with Crippen molar-refractivity contribution in [1.82, 2.24) is 4.90 Å². The predicted molar refractivity (Wildman–Crippen MR) is 158 cm³/mol. The average Bonchev–Trinajstić information content (AvgIpc) is 3.28. The van der Waals surface area contributed by atoms with Gasteiger partial charge in [0.15, 0.2) is 5.76 Å². The van der Waals surface area contributed by atoms with Gasteiger partial charge in [-0.05, 0) is 68.3 Å². The summed E-state index contributed by atoms with van der Waals surface area (Å²) in [5.74, 6) is -0.596. The van der Waals surface area contributed by atoms with Gasteiger partial charge in [-0.3, -0.25) is 9.69 Å². The van der Waals surface area contributed by atoms with Gasteiger partial charge in [0, 0.05) is 17.9 Å². The summed E-state index contributed by atoms with van der Waals surface area (Å²) < 4.78 is 11.1. The van der Waals surface area contributed by atoms with E-state index >= 15 is 0 Å². The molecule has 1 heterocycles. The summed E-state index contributed by atoms with van der Waals surface area (Å²) in [7, 11) is 0. The van der Waals surface area contributed by atoms with Crippen LogP contribution in [0, 0.1) is 0 Å². The minimum atomic E-state index is -0.477. The predicted octanol–water partition coefficient (Wildman–Crippen LogP) is 6.79. The average molecular weight is 534 g/mol. The van der Waals surface area contributed by atoms with Crippen molar-refractivity contribution in [1.29, 1.82) is 0 Å². The number of carbonyl (C=O) groups excluding carboxylic acids is 2. The molecule has 7 nitrogen and oxygen atoms in total. The van der Waals surface area contributed by atoms with Crippen molar-refractivity contribution in [3.05, 3.63) is 120 Å². The number of amides is 1. The van der Waals surface area contributed by atoms with E-state index in [4.69, 9.17) is 9.47 Å². The minimum Gasteiger partial charge on any atom is -0.462 e. The molecule has 1 unspecified atom stereocenters. The summed E-state index contributed by atoms with van der Waals surface area (Å²) >= 11 is 0. The van der Waals surface area contributed by atoms with Gasteiger partial charge in [0.25, 0.3) is 5.91 Å². The van der Waals surface area contributed by atoms with E-state index in [1.54, 1.807) is 37.3 Å². The largest absolute Gasteiger partial charge is 0.462 e. The van der Waals surface area contributed by atoms with Crippen LogP contribution in [-0.4, -0.2) is 42.0 Å². The zero-order valence-corrected chi connectivity index (χ0v) is 22.6. The number of carbonyl (C=O) groups is 2. The lowest BCUT2D eigenvalue weighted by molar-refractivity contribution is -0.122. The molecule has 1 saturated heterocycles. The van der Waals surface area contributed by atoms with Gasteiger partial charge in [-0.15, -0.1) is 0 Å². The Morgan fingerprint density at radius 1 is 1.00 bits per heavy atom. The second-order valence-electron chi connectivity index (χ2n) is 9.21. The van der Waals surface area contributed by atoms with E-state index in [-0.39, 0.29) is 30.3 Å². The summed E-state index contributed by atoms with van der Waals surface area (Å²) in [5.41, 5.74) is 3.66. The van der Waals surface area contributed by atoms with Crippen LogP contribution >= 0.6 is 0 Å². The van der Waals surface area contributed by atoms with Gasteiger partial charge in [-0.2, -0.15) is 4.99 Å². The molecular weight excluding hydrogens is 502 g/mol. The van der Waals surface area contributed by atoms with Gasteiger partial charge < -0.3 is 14.4 Å². The monoisotopic (exact) mass is 533 g/mol. The van der Waals surface area contributed by atoms with Gasteiger partial charge in [-0.1, -0.05) is 66.8 Å². The first-order chi connectivity index (χ1) is 19.6. The molecule has 40 heavy (non-hydrogen) atoms. The van der Waals surface area contributed by atoms with Crippen LogP contribution in [0.15, 0.2) is 114 Å². The third kappa shape index (κ3) is 5.73. The van der Waals surface area contributed by atoms with Crippen molar-refractivity contribution < 1.29 is 19.1 Å². The number of aliphatic imine (C=N–C) groups is 1. The first-order valence-corrected chi connectivity index (χ1v) is 13.4. The molecule has 0 saturated carbocycles. The van der Waals surface area contributed by atoms with E-state index in [0.29, 0.717) is 17.8 Å². The van der Waals surface area contributed by atoms with Crippen molar-refractivity contribution in [2.45, 2.75) is 26.3 Å². The van der Waals surface area contributed by atoms with Gasteiger partial charge in [0.2, 0.25) is 0 Å². The first kappa shape index (κ1) is 26.7. The topological polar surface area (TPSA) is 71.4 Å². The van der Waals surface area contributed by atoms with Crippen LogP contribution in [-0.2, 0) is 14.3 Å². The molecule has 0 N–H and O–H groups in total. The van der Waals surface area contributed by atoms with E-state index in [1.807, 2.05) is 49.4 Å². The molecule has 1 atom stereocenters. The third-order valence-electron chi connectivity index (χ3n) is 6.61. The Hall–Kier alpha value is -4.91. The molecule has 3 aromatic carbocycles. The summed E-state index contributed by atoms with van der Waals surface area (Å²) in [6, 6.07) is 25.5. The Balaban J connectivity index is 1.41. The number of nitrogens with zero attached hydrogens (tertiary/aromatic N) is 3. The molecule has 1 aliphatic carbocycles. The van der Waals surface area contributed by atoms with Gasteiger partial charge in [-0.25, -0.2) is 4.79 Å². The number of likely N-dealkylation sites (N-methyl/N-ethyl adjacent to an activating group) is 1. The van der Waals surface area contributed by atoms with Crippen LogP contribution in [0.5, 0.6) is 0 Å². The van der Waals surface area contributed by atoms with Crippen LogP contribution in [0.25, 0.3) is 6.08 Å². The molecule has 0 radical (unpaired) electrons. The molecule has 0 bridgehead atoms. The maximum atomic E-state index is 13.2. The number of benzene rings is 3. The first-order valence-electron chi connectivity index (χ1n) is 13.4. The van der Waals surface area contributed by atoms with E-state index < -0.39 is 5.97 Å². The molecule has 202 valence electrons. The van der Waals surface area contributed by atoms with Crippen LogP contribution < -0.4 is 4.90 Å². The number of allylic oxidation sites excluding steroid dienone is 2. The van der Waals surface area contributed by atoms with Crippen LogP contribution in [0.3, 0.4) is 0 Å². The third-order valence-corrected chi connectivity index (χ3v) is 6.61. The molecule has 0 aromatic heterocycles. The smallest absolute Gasteiger partial charge is 0.340 e. The molecule has 1 amide bonds. The lowest BCUT2D eigenvalue weighted by Crippen LogP contribution is -2.29. The van der Waals surface area contributed by atoms with Crippen molar-refractivity contribution in [2.75, 3.05) is 18.1 Å². The second-order valence-corrected chi connectivity index (χ2v) is 9.21. The number of esters is 1. The highest BCUT2D eigenvalue weighted by molar-refractivity contribution is 6.12. The highest BCUT2D eigenvalue weighted by Gasteiger charge is 2.34. The Morgan fingerprint density at radius 3 is 2.42 bits per heavy atom. The van der Waals surface area contributed by atoms with Crippen molar-refractivity contribution >= 4 is 41.0 Å². The van der Waals surface area contributed by atoms with E-state index in [0.717, 1.165) is 23.4 Å². The molecule has 1 aliphatic heterocycles. The highest BCUT2D eigenvalue weighted by Crippen LogP contribution is 2.32. The van der Waals surface area contributed by atoms with Crippen LogP contribution in [0.1, 0.15) is 36.2 Å². The molecule has 2 aliphatic rings. The number of rotatable bonds is 8. The molecule has 0 spiro atoms. The summed E-state index contributed by atoms with van der Waals surface area (Å²) in [4.78, 5) is 33.8. The lowest BCUT2D eigenvalue weighted by Gasteiger charge is -2.32. The van der Waals surface area contributed by atoms with Crippen LogP contribution in [0.2, 0.25) is 0 Å². The number of hydrogen-bond acceptors (Lipinski definition) is 6. The molecule has 5 rings (SSSR count). The minimum absolute atomic E-state index is 0.125. The number of hydrogen-bond donors (Lipinski definition) is 0. The standard InChI is InChI=1S/C33H31N3O4/c1-3-35-31(37)30(40-33(35)34-29-18-12-11-17-28(29)32(38)39-4-2)23-24-19-21-27(22-20-24)36(25-13-7-5-8-14-25)26-15-9-6-10-16-26/h5-15,17-23,26H,3-4,16H2,1-2H3/b30-23+,34-33+. The maximum absolute atomic E-state index is 13.2. The Kier molecular flexibility index (Phi) is 8.21. The Morgan fingerprint density at radius 2 is 1.73 bits per heavy atom. The maximum Gasteiger partial charge on any atom is 0.340 e. The normalized spacial score (nSPS) is 18.3. The fourth-order valence-electron chi connectivity index (χ4n) is 4.69. The highest BCUT2D eigenvalue weighted by atomic mass is 16.5. The summed E-state index contributed by atoms with van der Waals surface area (Å²) in [5, 5.41) is 0. The molecule has 3 aromatic rings. The second kappa shape index (κ2) is 12.3. The van der Waals surface area contributed by atoms with Crippen molar-refractivity contribution in [3.63, 3.8) is 0 Å². The summed E-state index contributed by atoms with van der Waals surface area (Å²) in [6.45, 7) is 4.21. The van der Waals surface area contributed by atoms with Gasteiger partial charge >= 0.3 is 12.0 Å². The quantitative estimate of drug-likeness (QED) is 0.235. The van der Waals surface area contributed by atoms with Gasteiger partial charge in [0.05, 0.1) is 23.9 Å². The zero-order valence-electron chi connectivity index (χ0n) is 22.6. The van der Waals surface area contributed by atoms with E-state index in [2.05, 4.69) is 46.3 Å². The molecule has 7 heteroatoms.